The van der Waals surface area contributed by atoms with Gasteiger partial charge in [0.05, 0.1) is 23.9 Å². The molecule has 9 heteroatoms. The zero-order valence-electron chi connectivity index (χ0n) is 19.3. The van der Waals surface area contributed by atoms with Crippen LogP contribution in [-0.2, 0) is 4.79 Å². The van der Waals surface area contributed by atoms with Crippen molar-refractivity contribution in [2.45, 2.75) is 57.3 Å². The number of carbonyl (C=O) groups excluding carboxylic acids is 1. The number of nitrogens with zero attached hydrogens (tertiary/aromatic N) is 4. The molecule has 7 nitrogen and oxygen atoms in total. The van der Waals surface area contributed by atoms with Crippen LogP contribution in [0.4, 0.5) is 5.82 Å². The third-order valence-corrected chi connectivity index (χ3v) is 6.78. The molecule has 4 rings (SSSR count). The molecule has 2 heterocycles. The fourth-order valence-corrected chi connectivity index (χ4v) is 5.09. The number of aldehydes is 1. The first kappa shape index (κ1) is 25.8. The predicted molar refractivity (Wildman–Crippen MR) is 133 cm³/mol. The molecule has 33 heavy (non-hydrogen) atoms. The molecule has 0 spiro atoms. The first-order valence-electron chi connectivity index (χ1n) is 11.4. The van der Waals surface area contributed by atoms with Crippen LogP contribution in [0, 0.1) is 0 Å². The van der Waals surface area contributed by atoms with Gasteiger partial charge in [0.15, 0.2) is 0 Å². The summed E-state index contributed by atoms with van der Waals surface area (Å²) in [5, 5.41) is 14.6. The van der Waals surface area contributed by atoms with E-state index in [2.05, 4.69) is 45.9 Å². The summed E-state index contributed by atoms with van der Waals surface area (Å²) in [5.74, 6) is 0.894. The van der Waals surface area contributed by atoms with E-state index >= 15 is 0 Å². The molecule has 1 saturated heterocycles. The van der Waals surface area contributed by atoms with E-state index in [4.69, 9.17) is 11.6 Å². The zero-order chi connectivity index (χ0) is 22.8. The summed E-state index contributed by atoms with van der Waals surface area (Å²) in [5.41, 5.74) is 2.81. The van der Waals surface area contributed by atoms with Gasteiger partial charge >= 0.3 is 0 Å². The normalized spacial score (nSPS) is 22.5. The van der Waals surface area contributed by atoms with Crippen LogP contribution < -0.4 is 10.2 Å². The van der Waals surface area contributed by atoms with E-state index in [1.54, 1.807) is 6.33 Å². The van der Waals surface area contributed by atoms with Gasteiger partial charge in [0.2, 0.25) is 0 Å². The maximum absolute atomic E-state index is 12.2. The molecular formula is C24H33Cl2N5O2. The van der Waals surface area contributed by atoms with Crippen molar-refractivity contribution >= 4 is 36.1 Å². The van der Waals surface area contributed by atoms with E-state index in [0.29, 0.717) is 11.4 Å². The molecule has 1 aromatic heterocycles. The number of benzene rings is 1. The number of rotatable bonds is 7. The second kappa shape index (κ2) is 11.1. The molecule has 2 aromatic rings. The Bertz CT molecular complexity index is 935. The van der Waals surface area contributed by atoms with E-state index in [1.165, 1.54) is 0 Å². The van der Waals surface area contributed by atoms with E-state index in [9.17, 15) is 9.90 Å². The van der Waals surface area contributed by atoms with Crippen LogP contribution in [0.25, 0.3) is 0 Å². The van der Waals surface area contributed by atoms with Gasteiger partial charge in [-0.1, -0.05) is 30.7 Å². The van der Waals surface area contributed by atoms with Gasteiger partial charge in [-0.05, 0) is 43.9 Å². The minimum absolute atomic E-state index is 0. The highest BCUT2D eigenvalue weighted by Gasteiger charge is 2.35. The van der Waals surface area contributed by atoms with Crippen LogP contribution in [-0.4, -0.2) is 64.6 Å². The number of hydrogen-bond acceptors (Lipinski definition) is 7. The summed E-state index contributed by atoms with van der Waals surface area (Å²) in [4.78, 5) is 25.7. The smallest absolute Gasteiger partial charge is 0.135 e. The van der Waals surface area contributed by atoms with Crippen LogP contribution in [0.15, 0.2) is 30.6 Å². The Morgan fingerprint density at radius 2 is 1.82 bits per heavy atom. The minimum atomic E-state index is -0.504. The van der Waals surface area contributed by atoms with Gasteiger partial charge in [0, 0.05) is 42.8 Å². The van der Waals surface area contributed by atoms with Crippen molar-refractivity contribution in [3.05, 3.63) is 52.4 Å². The fraction of sp³-hybridized carbons (Fsp3) is 0.542. The average molecular weight is 494 g/mol. The second-order valence-electron chi connectivity index (χ2n) is 9.15. The highest BCUT2D eigenvalue weighted by Crippen LogP contribution is 2.42. The Morgan fingerprint density at radius 3 is 2.42 bits per heavy atom. The van der Waals surface area contributed by atoms with Crippen LogP contribution in [0.5, 0.6) is 0 Å². The molecule has 0 amide bonds. The number of anilines is 1. The monoisotopic (exact) mass is 493 g/mol. The number of aromatic nitrogens is 2. The molecular weight excluding hydrogens is 461 g/mol. The summed E-state index contributed by atoms with van der Waals surface area (Å²) in [6.45, 7) is 9.54. The lowest BCUT2D eigenvalue weighted by Crippen LogP contribution is -2.58. The number of carbonyl (C=O) groups is 1. The standard InChI is InChI=1S/C24H32ClN5O2.ClH/c1-15(2)28-23(19(13-31)17-4-6-18(25)7-5-17)29-8-10-30(11-9-29)24-21-16(3)12-20(32)22(21)26-14-27-24;/h4-7,13-16,19-20,23,28,32H,8-12H2,1-3H3;1H/t16-,19?,20-,23?;/m1./s1. The van der Waals surface area contributed by atoms with Crippen molar-refractivity contribution in [1.29, 1.82) is 0 Å². The maximum Gasteiger partial charge on any atom is 0.135 e. The molecule has 2 N–H and O–H groups in total. The quantitative estimate of drug-likeness (QED) is 0.570. The van der Waals surface area contributed by atoms with Crippen LogP contribution in [0.3, 0.4) is 0 Å². The lowest BCUT2D eigenvalue weighted by Gasteiger charge is -2.43. The molecule has 0 bridgehead atoms. The lowest BCUT2D eigenvalue weighted by atomic mass is 9.95. The number of nitrogens with one attached hydrogen (secondary N) is 1. The van der Waals surface area contributed by atoms with Gasteiger partial charge in [-0.15, -0.1) is 12.4 Å². The van der Waals surface area contributed by atoms with E-state index in [1.807, 2.05) is 24.3 Å². The third-order valence-electron chi connectivity index (χ3n) is 6.53. The summed E-state index contributed by atoms with van der Waals surface area (Å²) >= 11 is 6.06. The van der Waals surface area contributed by atoms with E-state index in [-0.39, 0.29) is 36.5 Å². The number of piperazine rings is 1. The number of fused-ring (bicyclic) bond motifs is 1. The highest BCUT2D eigenvalue weighted by atomic mass is 35.5. The lowest BCUT2D eigenvalue weighted by molar-refractivity contribution is -0.111. The van der Waals surface area contributed by atoms with Crippen LogP contribution >= 0.6 is 24.0 Å². The molecule has 0 saturated carbocycles. The van der Waals surface area contributed by atoms with Crippen molar-refractivity contribution in [2.75, 3.05) is 31.1 Å². The van der Waals surface area contributed by atoms with Crippen LogP contribution in [0.2, 0.25) is 5.02 Å². The van der Waals surface area contributed by atoms with Crippen molar-refractivity contribution < 1.29 is 9.90 Å². The zero-order valence-corrected chi connectivity index (χ0v) is 20.9. The Kier molecular flexibility index (Phi) is 8.70. The maximum atomic E-state index is 12.2. The molecule has 1 aliphatic heterocycles. The summed E-state index contributed by atoms with van der Waals surface area (Å²) < 4.78 is 0. The van der Waals surface area contributed by atoms with Gasteiger partial charge in [0.25, 0.3) is 0 Å². The van der Waals surface area contributed by atoms with Gasteiger partial charge < -0.3 is 14.8 Å². The largest absolute Gasteiger partial charge is 0.387 e. The summed E-state index contributed by atoms with van der Waals surface area (Å²) in [6, 6.07) is 7.78. The molecule has 180 valence electrons. The Labute approximate surface area is 207 Å². The van der Waals surface area contributed by atoms with Crippen molar-refractivity contribution in [3.63, 3.8) is 0 Å². The summed E-state index contributed by atoms with van der Waals surface area (Å²) in [7, 11) is 0. The number of aliphatic hydroxyl groups is 1. The molecule has 2 unspecified atom stereocenters. The first-order valence-corrected chi connectivity index (χ1v) is 11.8. The Hall–Kier alpha value is -1.77. The predicted octanol–water partition coefficient (Wildman–Crippen LogP) is 3.52. The van der Waals surface area contributed by atoms with Crippen molar-refractivity contribution in [3.8, 4) is 0 Å². The molecule has 1 aliphatic carbocycles. The van der Waals surface area contributed by atoms with E-state index < -0.39 is 6.10 Å². The Morgan fingerprint density at radius 1 is 1.15 bits per heavy atom. The molecule has 4 atom stereocenters. The second-order valence-corrected chi connectivity index (χ2v) is 9.59. The van der Waals surface area contributed by atoms with Crippen molar-refractivity contribution in [2.24, 2.45) is 0 Å². The molecule has 2 aliphatic rings. The number of hydrogen-bond donors (Lipinski definition) is 2. The van der Waals surface area contributed by atoms with Gasteiger partial charge in [-0.25, -0.2) is 9.97 Å². The van der Waals surface area contributed by atoms with E-state index in [0.717, 1.165) is 55.1 Å². The molecule has 1 aromatic carbocycles. The molecule has 0 radical (unpaired) electrons. The van der Waals surface area contributed by atoms with Crippen molar-refractivity contribution in [1.82, 2.24) is 20.2 Å². The van der Waals surface area contributed by atoms with Crippen LogP contribution in [0.1, 0.15) is 62.0 Å². The summed E-state index contributed by atoms with van der Waals surface area (Å²) in [6.07, 6.45) is 2.69. The van der Waals surface area contributed by atoms with Gasteiger partial charge in [0.1, 0.15) is 18.4 Å². The number of halogens is 2. The van der Waals surface area contributed by atoms with Gasteiger partial charge in [-0.3, -0.25) is 10.2 Å². The average Bonchev–Trinajstić information content (AvgIpc) is 3.08. The SMILES string of the molecule is CC(C)NC(C(C=O)c1ccc(Cl)cc1)N1CCN(c2ncnc3c2[C@H](C)C[C@H]3O)CC1.Cl. The first-order chi connectivity index (χ1) is 15.4. The highest BCUT2D eigenvalue weighted by molar-refractivity contribution is 6.30. The minimum Gasteiger partial charge on any atom is -0.387 e. The topological polar surface area (TPSA) is 81.6 Å². The Balaban J connectivity index is 0.00000306. The van der Waals surface area contributed by atoms with Gasteiger partial charge in [-0.2, -0.15) is 0 Å². The molecule has 1 fully saturated rings. The number of aliphatic hydroxyl groups excluding tert-OH is 1. The third kappa shape index (κ3) is 5.49. The fourth-order valence-electron chi connectivity index (χ4n) is 4.96.